The Morgan fingerprint density at radius 3 is 2.38 bits per heavy atom. The van der Waals surface area contributed by atoms with Crippen LogP contribution in [0.2, 0.25) is 0 Å². The molecule has 2 aromatic rings. The Labute approximate surface area is 169 Å². The number of aliphatic hydroxyl groups is 2. The molecule has 0 heterocycles. The molecule has 0 amide bonds. The van der Waals surface area contributed by atoms with Crippen molar-refractivity contribution in [3.8, 4) is 0 Å². The maximum absolute atomic E-state index is 12.6. The Bertz CT molecular complexity index is 1100. The number of carbonyl (C=O) groups excluding carboxylic acids is 1. The lowest BCUT2D eigenvalue weighted by Crippen LogP contribution is -2.50. The summed E-state index contributed by atoms with van der Waals surface area (Å²) in [6, 6.07) is 14.8. The van der Waals surface area contributed by atoms with Crippen molar-refractivity contribution in [2.24, 2.45) is 0 Å². The van der Waals surface area contributed by atoms with E-state index < -0.39 is 21.5 Å². The van der Waals surface area contributed by atoms with Crippen LogP contribution in [-0.2, 0) is 10.0 Å². The first-order chi connectivity index (χ1) is 13.7. The van der Waals surface area contributed by atoms with Gasteiger partial charge in [0.15, 0.2) is 11.5 Å². The molecule has 0 saturated carbocycles. The average Bonchev–Trinajstić information content (AvgIpc) is 2.69. The molecule has 7 heteroatoms. The molecule has 1 aliphatic rings. The Hall–Kier alpha value is -3.00. The molecule has 0 aliphatic heterocycles. The Kier molecular flexibility index (Phi) is 5.83. The van der Waals surface area contributed by atoms with Crippen molar-refractivity contribution in [3.05, 3.63) is 101 Å². The number of nitrogens with one attached hydrogen (secondary N) is 1. The molecule has 0 spiro atoms. The fourth-order valence-electron chi connectivity index (χ4n) is 2.85. The monoisotopic (exact) mass is 411 g/mol. The zero-order valence-electron chi connectivity index (χ0n) is 15.7. The van der Waals surface area contributed by atoms with Crippen LogP contribution in [0.3, 0.4) is 0 Å². The number of aryl methyl sites for hydroxylation is 1. The molecular formula is C22H21NO5S. The van der Waals surface area contributed by atoms with E-state index >= 15 is 0 Å². The maximum Gasteiger partial charge on any atom is 0.243 e. The van der Waals surface area contributed by atoms with Crippen molar-refractivity contribution >= 4 is 15.8 Å². The smallest absolute Gasteiger partial charge is 0.243 e. The van der Waals surface area contributed by atoms with E-state index in [1.807, 2.05) is 6.92 Å². The zero-order chi connectivity index (χ0) is 21.1. The quantitative estimate of drug-likeness (QED) is 0.385. The van der Waals surface area contributed by atoms with Gasteiger partial charge in [0.25, 0.3) is 0 Å². The minimum Gasteiger partial charge on any atom is -0.508 e. The summed E-state index contributed by atoms with van der Waals surface area (Å²) in [7, 11) is -4.08. The van der Waals surface area contributed by atoms with Crippen LogP contribution in [-0.4, -0.2) is 30.1 Å². The van der Waals surface area contributed by atoms with Gasteiger partial charge in [-0.2, -0.15) is 4.72 Å². The van der Waals surface area contributed by atoms with Gasteiger partial charge in [0.1, 0.15) is 5.76 Å². The largest absolute Gasteiger partial charge is 0.508 e. The highest BCUT2D eigenvalue weighted by molar-refractivity contribution is 7.89. The first kappa shape index (κ1) is 20.7. The Morgan fingerprint density at radius 1 is 1.07 bits per heavy atom. The van der Waals surface area contributed by atoms with Crippen molar-refractivity contribution in [3.63, 3.8) is 0 Å². The summed E-state index contributed by atoms with van der Waals surface area (Å²) in [6.07, 6.45) is 5.31. The summed E-state index contributed by atoms with van der Waals surface area (Å²) < 4.78 is 27.4. The normalized spacial score (nSPS) is 19.7. The Morgan fingerprint density at radius 2 is 1.72 bits per heavy atom. The van der Waals surface area contributed by atoms with Crippen molar-refractivity contribution in [2.45, 2.75) is 24.0 Å². The zero-order valence-corrected chi connectivity index (χ0v) is 16.6. The number of aliphatic hydroxyl groups excluding tert-OH is 1. The fraction of sp³-hybridized carbons (Fsp3) is 0.136. The van der Waals surface area contributed by atoms with Gasteiger partial charge in [0.2, 0.25) is 10.0 Å². The second-order valence-electron chi connectivity index (χ2n) is 6.81. The van der Waals surface area contributed by atoms with Crippen LogP contribution >= 0.6 is 0 Å². The van der Waals surface area contributed by atoms with E-state index in [-0.39, 0.29) is 17.1 Å². The minimum absolute atomic E-state index is 0.0322. The molecule has 29 heavy (non-hydrogen) atoms. The van der Waals surface area contributed by atoms with E-state index in [4.69, 9.17) is 0 Å². The van der Waals surface area contributed by atoms with E-state index in [9.17, 15) is 23.4 Å². The molecule has 0 radical (unpaired) electrons. The topological polar surface area (TPSA) is 104 Å². The molecule has 0 saturated heterocycles. The van der Waals surface area contributed by atoms with Crippen LogP contribution in [0.5, 0.6) is 0 Å². The number of allylic oxidation sites excluding steroid dienone is 4. The third-order valence-electron chi connectivity index (χ3n) is 4.48. The molecule has 150 valence electrons. The van der Waals surface area contributed by atoms with Gasteiger partial charge in [-0.1, -0.05) is 60.2 Å². The predicted molar refractivity (Wildman–Crippen MR) is 110 cm³/mol. The Balaban J connectivity index is 1.78. The van der Waals surface area contributed by atoms with Crippen LogP contribution in [0.1, 0.15) is 22.3 Å². The van der Waals surface area contributed by atoms with Gasteiger partial charge in [-0.15, -0.1) is 0 Å². The van der Waals surface area contributed by atoms with Gasteiger partial charge in [-0.25, -0.2) is 8.42 Å². The van der Waals surface area contributed by atoms with E-state index in [1.165, 1.54) is 36.4 Å². The summed E-state index contributed by atoms with van der Waals surface area (Å²) in [5.41, 5.74) is -0.343. The van der Waals surface area contributed by atoms with E-state index in [0.29, 0.717) is 11.1 Å². The van der Waals surface area contributed by atoms with Crippen LogP contribution in [0, 0.1) is 6.92 Å². The average molecular weight is 411 g/mol. The summed E-state index contributed by atoms with van der Waals surface area (Å²) >= 11 is 0. The summed E-state index contributed by atoms with van der Waals surface area (Å²) in [5.74, 6) is -0.756. The molecule has 0 aromatic heterocycles. The lowest BCUT2D eigenvalue weighted by molar-refractivity contribution is 0.0241. The molecule has 0 fully saturated rings. The van der Waals surface area contributed by atoms with E-state index in [0.717, 1.165) is 5.56 Å². The maximum atomic E-state index is 12.6. The highest BCUT2D eigenvalue weighted by Gasteiger charge is 2.39. The van der Waals surface area contributed by atoms with Gasteiger partial charge < -0.3 is 10.2 Å². The second kappa shape index (κ2) is 8.16. The number of carbonyl (C=O) groups is 1. The molecule has 2 aromatic carbocycles. The van der Waals surface area contributed by atoms with Gasteiger partial charge in [-0.3, -0.25) is 4.79 Å². The van der Waals surface area contributed by atoms with Gasteiger partial charge >= 0.3 is 0 Å². The molecule has 1 atom stereocenters. The van der Waals surface area contributed by atoms with Crippen molar-refractivity contribution in [2.75, 3.05) is 0 Å². The van der Waals surface area contributed by atoms with E-state index in [2.05, 4.69) is 4.72 Å². The van der Waals surface area contributed by atoms with Crippen LogP contribution in [0.25, 0.3) is 0 Å². The molecule has 1 aliphatic carbocycles. The number of hydrogen-bond donors (Lipinski definition) is 3. The lowest BCUT2D eigenvalue weighted by Gasteiger charge is -2.30. The van der Waals surface area contributed by atoms with Crippen LogP contribution in [0.15, 0.2) is 95.1 Å². The molecule has 3 rings (SSSR count). The first-order valence-electron chi connectivity index (χ1n) is 8.90. The van der Waals surface area contributed by atoms with Gasteiger partial charge in [0, 0.05) is 12.0 Å². The van der Waals surface area contributed by atoms with E-state index in [1.54, 1.807) is 42.5 Å². The molecule has 6 nitrogen and oxygen atoms in total. The molecule has 0 bridgehead atoms. The highest BCUT2D eigenvalue weighted by Crippen LogP contribution is 2.28. The number of benzene rings is 2. The highest BCUT2D eigenvalue weighted by atomic mass is 32.2. The van der Waals surface area contributed by atoms with Crippen molar-refractivity contribution < 1.29 is 23.4 Å². The third-order valence-corrected chi connectivity index (χ3v) is 5.98. The minimum atomic E-state index is -4.08. The summed E-state index contributed by atoms with van der Waals surface area (Å²) in [6.45, 7) is 1.83. The molecule has 1 unspecified atom stereocenters. The molecular weight excluding hydrogens is 390 g/mol. The number of ketones is 1. The number of rotatable bonds is 6. The standard InChI is InChI=1S/C22H21NO5S/c1-16-7-11-19(12-8-16)29(27,28)23-22(26)15-17(10-14-21(22)25)9-13-20(24)18-5-3-2-4-6-18/h2-14,23,25-26H,15H2,1H3/b13-9+. The van der Waals surface area contributed by atoms with Crippen LogP contribution in [0.4, 0.5) is 0 Å². The van der Waals surface area contributed by atoms with Crippen LogP contribution < -0.4 is 4.72 Å². The van der Waals surface area contributed by atoms with Crippen molar-refractivity contribution in [1.82, 2.24) is 4.72 Å². The predicted octanol–water partition coefficient (Wildman–Crippen LogP) is 3.17. The van der Waals surface area contributed by atoms with Gasteiger partial charge in [-0.05, 0) is 36.8 Å². The second-order valence-corrected chi connectivity index (χ2v) is 8.50. The summed E-state index contributed by atoms with van der Waals surface area (Å²) in [4.78, 5) is 12.2. The third kappa shape index (κ3) is 4.89. The molecule has 3 N–H and O–H groups in total. The number of sulfonamides is 1. The fourth-order valence-corrected chi connectivity index (χ4v) is 4.09. The number of hydrogen-bond acceptors (Lipinski definition) is 5. The summed E-state index contributed by atoms with van der Waals surface area (Å²) in [5, 5.41) is 20.9. The SMILES string of the molecule is Cc1ccc(S(=O)(=O)NC2(O)CC(/C=C/C(=O)c3ccccc3)=CC=C2O)cc1. The first-order valence-corrected chi connectivity index (χ1v) is 10.4. The van der Waals surface area contributed by atoms with Gasteiger partial charge in [0.05, 0.1) is 4.90 Å². The van der Waals surface area contributed by atoms with Crippen molar-refractivity contribution in [1.29, 1.82) is 0 Å². The lowest BCUT2D eigenvalue weighted by atomic mass is 9.95.